The van der Waals surface area contributed by atoms with E-state index in [4.69, 9.17) is 0 Å². The lowest BCUT2D eigenvalue weighted by Crippen LogP contribution is -1.95. The Morgan fingerprint density at radius 2 is 1.82 bits per heavy atom. The van der Waals surface area contributed by atoms with E-state index in [2.05, 4.69) is 50.0 Å². The van der Waals surface area contributed by atoms with E-state index in [9.17, 15) is 5.11 Å². The van der Waals surface area contributed by atoms with Gasteiger partial charge in [0.2, 0.25) is 0 Å². The fourth-order valence-corrected chi connectivity index (χ4v) is 2.15. The molecule has 0 bridgehead atoms. The maximum Gasteiger partial charge on any atom is 0.139 e. The van der Waals surface area contributed by atoms with Crippen LogP contribution in [-0.2, 0) is 0 Å². The molecule has 0 amide bonds. The molecule has 2 N–H and O–H groups in total. The van der Waals surface area contributed by atoms with Crippen LogP contribution < -0.4 is 5.32 Å². The average molecular weight is 293 g/mol. The highest BCUT2D eigenvalue weighted by atomic mass is 16.3. The van der Waals surface area contributed by atoms with Crippen molar-refractivity contribution in [3.63, 3.8) is 0 Å². The first-order valence-electron chi connectivity index (χ1n) is 7.49. The smallest absolute Gasteiger partial charge is 0.139 e. The Morgan fingerprint density at radius 1 is 1.14 bits per heavy atom. The number of hydrogen-bond acceptors (Lipinski definition) is 2. The second-order valence-electron chi connectivity index (χ2n) is 5.83. The molecular formula is C20H23NO. The van der Waals surface area contributed by atoms with Gasteiger partial charge in [-0.15, -0.1) is 0 Å². The third-order valence-electron chi connectivity index (χ3n) is 3.53. The van der Waals surface area contributed by atoms with Crippen molar-refractivity contribution in [3.8, 4) is 5.75 Å². The molecule has 0 aromatic heterocycles. The normalized spacial score (nSPS) is 11.1. The van der Waals surface area contributed by atoms with E-state index >= 15 is 0 Å². The molecule has 2 nitrogen and oxygen atoms in total. The summed E-state index contributed by atoms with van der Waals surface area (Å²) in [5.41, 5.74) is 4.87. The summed E-state index contributed by atoms with van der Waals surface area (Å²) in [5, 5.41) is 13.0. The maximum absolute atomic E-state index is 9.88. The summed E-state index contributed by atoms with van der Waals surface area (Å²) < 4.78 is 0. The molecule has 0 spiro atoms. The fraction of sp³-hybridized carbons (Fsp3) is 0.200. The maximum atomic E-state index is 9.88. The number of benzene rings is 2. The van der Waals surface area contributed by atoms with Crippen molar-refractivity contribution < 1.29 is 5.11 Å². The Hall–Kier alpha value is -2.48. The van der Waals surface area contributed by atoms with Crippen LogP contribution in [-0.4, -0.2) is 5.11 Å². The highest BCUT2D eigenvalue weighted by Gasteiger charge is 2.01. The Morgan fingerprint density at radius 3 is 2.41 bits per heavy atom. The number of nitrogens with one attached hydrogen (secondary N) is 1. The first kappa shape index (κ1) is 15.9. The highest BCUT2D eigenvalue weighted by molar-refractivity contribution is 5.63. The van der Waals surface area contributed by atoms with Gasteiger partial charge >= 0.3 is 0 Å². The van der Waals surface area contributed by atoms with Crippen LogP contribution in [0.3, 0.4) is 0 Å². The van der Waals surface area contributed by atoms with E-state index < -0.39 is 0 Å². The molecule has 0 saturated carbocycles. The molecule has 2 aromatic carbocycles. The number of rotatable bonds is 5. The average Bonchev–Trinajstić information content (AvgIpc) is 2.48. The number of aromatic hydroxyl groups is 1. The minimum absolute atomic E-state index is 0.232. The summed E-state index contributed by atoms with van der Waals surface area (Å²) in [5.74, 6) is 0.773. The van der Waals surface area contributed by atoms with E-state index in [0.29, 0.717) is 11.6 Å². The van der Waals surface area contributed by atoms with Crippen molar-refractivity contribution in [3.05, 3.63) is 77.5 Å². The molecule has 0 aliphatic rings. The Balaban J connectivity index is 2.01. The molecule has 2 heteroatoms. The van der Waals surface area contributed by atoms with Crippen molar-refractivity contribution in [2.45, 2.75) is 26.7 Å². The van der Waals surface area contributed by atoms with Crippen LogP contribution in [0.25, 0.3) is 6.08 Å². The summed E-state index contributed by atoms with van der Waals surface area (Å²) in [6.07, 6.45) is 3.91. The van der Waals surface area contributed by atoms with Crippen LogP contribution in [0.2, 0.25) is 0 Å². The number of hydrogen-bond donors (Lipinski definition) is 2. The van der Waals surface area contributed by atoms with Crippen LogP contribution >= 0.6 is 0 Å². The Bertz CT molecular complexity index is 681. The number of aryl methyl sites for hydroxylation is 1. The van der Waals surface area contributed by atoms with Gasteiger partial charge in [0.25, 0.3) is 0 Å². The molecule has 0 fully saturated rings. The zero-order valence-corrected chi connectivity index (χ0v) is 13.4. The SMILES string of the molecule is C=C(/C=C/c1ccc(C(C)C)cc1)Nc1ccc(C)cc1O. The first-order valence-corrected chi connectivity index (χ1v) is 7.49. The van der Waals surface area contributed by atoms with Crippen molar-refractivity contribution >= 4 is 11.8 Å². The monoisotopic (exact) mass is 293 g/mol. The van der Waals surface area contributed by atoms with Crippen LogP contribution in [0.4, 0.5) is 5.69 Å². The van der Waals surface area contributed by atoms with Crippen molar-refractivity contribution in [1.82, 2.24) is 0 Å². The summed E-state index contributed by atoms with van der Waals surface area (Å²) in [6, 6.07) is 14.0. The second kappa shape index (κ2) is 6.99. The molecule has 0 aliphatic carbocycles. The number of phenolic OH excluding ortho intramolecular Hbond substituents is 1. The molecule has 0 atom stereocenters. The molecule has 2 rings (SSSR count). The van der Waals surface area contributed by atoms with Gasteiger partial charge in [0.05, 0.1) is 5.69 Å². The topological polar surface area (TPSA) is 32.3 Å². The zero-order chi connectivity index (χ0) is 16.1. The molecule has 0 radical (unpaired) electrons. The van der Waals surface area contributed by atoms with Gasteiger partial charge in [0, 0.05) is 5.70 Å². The Kier molecular flexibility index (Phi) is 5.05. The van der Waals surface area contributed by atoms with E-state index in [1.54, 1.807) is 6.07 Å². The third kappa shape index (κ3) is 4.26. The lowest BCUT2D eigenvalue weighted by atomic mass is 10.0. The van der Waals surface area contributed by atoms with Gasteiger partial charge in [-0.3, -0.25) is 0 Å². The number of phenols is 1. The number of allylic oxidation sites excluding steroid dienone is 1. The van der Waals surface area contributed by atoms with Crippen LogP contribution in [0.1, 0.15) is 36.5 Å². The Labute approximate surface area is 132 Å². The minimum Gasteiger partial charge on any atom is -0.506 e. The van der Waals surface area contributed by atoms with Gasteiger partial charge < -0.3 is 10.4 Å². The van der Waals surface area contributed by atoms with Crippen molar-refractivity contribution in [2.75, 3.05) is 5.32 Å². The standard InChI is InChI=1S/C20H23NO/c1-14(2)18-10-8-17(9-11-18)7-6-16(4)21-19-12-5-15(3)13-20(19)22/h5-14,21-22H,4H2,1-3H3/b7-6+. The predicted octanol–water partition coefficient (Wildman–Crippen LogP) is 5.46. The van der Waals surface area contributed by atoms with E-state index in [-0.39, 0.29) is 5.75 Å². The third-order valence-corrected chi connectivity index (χ3v) is 3.53. The molecule has 114 valence electrons. The van der Waals surface area contributed by atoms with E-state index in [1.807, 2.05) is 31.2 Å². The van der Waals surface area contributed by atoms with Gasteiger partial charge in [0.15, 0.2) is 0 Å². The summed E-state index contributed by atoms with van der Waals surface area (Å²) in [6.45, 7) is 10.3. The number of anilines is 1. The molecule has 0 aliphatic heterocycles. The largest absolute Gasteiger partial charge is 0.506 e. The minimum atomic E-state index is 0.232. The molecule has 0 unspecified atom stereocenters. The predicted molar refractivity (Wildman–Crippen MR) is 95.2 cm³/mol. The summed E-state index contributed by atoms with van der Waals surface area (Å²) in [4.78, 5) is 0. The first-order chi connectivity index (χ1) is 10.5. The molecule has 0 heterocycles. The lowest BCUT2D eigenvalue weighted by molar-refractivity contribution is 0.477. The molecule has 0 saturated heterocycles. The van der Waals surface area contributed by atoms with Crippen LogP contribution in [0, 0.1) is 6.92 Å². The quantitative estimate of drug-likeness (QED) is 0.566. The van der Waals surface area contributed by atoms with Gasteiger partial charge in [-0.2, -0.15) is 0 Å². The zero-order valence-electron chi connectivity index (χ0n) is 13.4. The van der Waals surface area contributed by atoms with Crippen molar-refractivity contribution in [1.29, 1.82) is 0 Å². The molecule has 22 heavy (non-hydrogen) atoms. The van der Waals surface area contributed by atoms with Crippen LogP contribution in [0.15, 0.2) is 60.8 Å². The lowest BCUT2D eigenvalue weighted by Gasteiger charge is -2.09. The summed E-state index contributed by atoms with van der Waals surface area (Å²) in [7, 11) is 0. The van der Waals surface area contributed by atoms with E-state index in [0.717, 1.165) is 16.8 Å². The van der Waals surface area contributed by atoms with E-state index in [1.165, 1.54) is 5.56 Å². The van der Waals surface area contributed by atoms with Gasteiger partial charge in [0.1, 0.15) is 5.75 Å². The van der Waals surface area contributed by atoms with Crippen LogP contribution in [0.5, 0.6) is 5.75 Å². The second-order valence-corrected chi connectivity index (χ2v) is 5.83. The van der Waals surface area contributed by atoms with Crippen molar-refractivity contribution in [2.24, 2.45) is 0 Å². The van der Waals surface area contributed by atoms with Gasteiger partial charge in [-0.05, 0) is 47.7 Å². The van der Waals surface area contributed by atoms with Gasteiger partial charge in [-0.1, -0.05) is 56.8 Å². The van der Waals surface area contributed by atoms with Gasteiger partial charge in [-0.25, -0.2) is 0 Å². The molecular weight excluding hydrogens is 270 g/mol. The highest BCUT2D eigenvalue weighted by Crippen LogP contribution is 2.25. The molecule has 2 aromatic rings. The summed E-state index contributed by atoms with van der Waals surface area (Å²) >= 11 is 0. The fourth-order valence-electron chi connectivity index (χ4n) is 2.15.